The third kappa shape index (κ3) is 5.13. The maximum Gasteiger partial charge on any atom is 0.388 e. The number of urea groups is 1. The molecule has 1 aliphatic carbocycles. The van der Waals surface area contributed by atoms with Crippen LogP contribution in [0.1, 0.15) is 24.8 Å². The highest BCUT2D eigenvalue weighted by molar-refractivity contribution is 5.74. The Bertz CT molecular complexity index is 487. The summed E-state index contributed by atoms with van der Waals surface area (Å²) in [6.07, 6.45) is 1.87. The van der Waals surface area contributed by atoms with Crippen LogP contribution in [-0.4, -0.2) is 29.8 Å². The van der Waals surface area contributed by atoms with E-state index in [4.69, 9.17) is 0 Å². The molecule has 2 rings (SSSR count). The number of alkyl halides is 3. The smallest absolute Gasteiger partial charge is 0.388 e. The first-order valence-electron chi connectivity index (χ1n) is 6.61. The second-order valence-corrected chi connectivity index (χ2v) is 4.82. The second kappa shape index (κ2) is 7.14. The van der Waals surface area contributed by atoms with Crippen molar-refractivity contribution in [3.63, 3.8) is 0 Å². The van der Waals surface area contributed by atoms with Gasteiger partial charge in [-0.05, 0) is 30.9 Å². The Hall–Kier alpha value is -1.99. The number of amides is 2. The molecule has 0 aliphatic heterocycles. The van der Waals surface area contributed by atoms with Gasteiger partial charge in [0, 0.05) is 24.8 Å². The number of nitrogens with one attached hydrogen (secondary N) is 2. The number of pyridine rings is 1. The SMILES string of the molecule is O=C(NCc1ccnc(OC(F)F)c1)N[C@H]1CC[C@H](F)C1. The van der Waals surface area contributed by atoms with Crippen LogP contribution in [0.5, 0.6) is 5.88 Å². The zero-order chi connectivity index (χ0) is 15.2. The van der Waals surface area contributed by atoms with Crippen LogP contribution in [0.4, 0.5) is 18.0 Å². The lowest BCUT2D eigenvalue weighted by molar-refractivity contribution is -0.0529. The van der Waals surface area contributed by atoms with Crippen molar-refractivity contribution in [1.82, 2.24) is 15.6 Å². The van der Waals surface area contributed by atoms with Gasteiger partial charge in [-0.3, -0.25) is 0 Å². The van der Waals surface area contributed by atoms with E-state index < -0.39 is 18.8 Å². The van der Waals surface area contributed by atoms with Gasteiger partial charge in [-0.1, -0.05) is 0 Å². The summed E-state index contributed by atoms with van der Waals surface area (Å²) >= 11 is 0. The van der Waals surface area contributed by atoms with Crippen molar-refractivity contribution >= 4 is 6.03 Å². The van der Waals surface area contributed by atoms with Crippen molar-refractivity contribution in [3.05, 3.63) is 23.9 Å². The van der Waals surface area contributed by atoms with Gasteiger partial charge >= 0.3 is 12.6 Å². The summed E-state index contributed by atoms with van der Waals surface area (Å²) in [5, 5.41) is 5.25. The number of nitrogens with zero attached hydrogens (tertiary/aromatic N) is 1. The molecule has 0 aromatic carbocycles. The molecule has 1 aromatic heterocycles. The van der Waals surface area contributed by atoms with E-state index in [-0.39, 0.29) is 18.5 Å². The zero-order valence-electron chi connectivity index (χ0n) is 11.2. The summed E-state index contributed by atoms with van der Waals surface area (Å²) in [6, 6.07) is 2.32. The number of ether oxygens (including phenoxy) is 1. The molecule has 0 saturated heterocycles. The zero-order valence-corrected chi connectivity index (χ0v) is 11.2. The van der Waals surface area contributed by atoms with Gasteiger partial charge in [0.2, 0.25) is 5.88 Å². The molecule has 2 amide bonds. The van der Waals surface area contributed by atoms with Gasteiger partial charge < -0.3 is 15.4 Å². The van der Waals surface area contributed by atoms with Crippen LogP contribution < -0.4 is 15.4 Å². The van der Waals surface area contributed by atoms with E-state index in [0.29, 0.717) is 24.8 Å². The van der Waals surface area contributed by atoms with Crippen LogP contribution in [0.3, 0.4) is 0 Å². The molecular formula is C13H16F3N3O2. The summed E-state index contributed by atoms with van der Waals surface area (Å²) in [6.45, 7) is -2.81. The first-order valence-corrected chi connectivity index (χ1v) is 6.61. The molecule has 1 saturated carbocycles. The first kappa shape index (κ1) is 15.4. The van der Waals surface area contributed by atoms with Crippen molar-refractivity contribution in [2.24, 2.45) is 0 Å². The van der Waals surface area contributed by atoms with Crippen molar-refractivity contribution in [3.8, 4) is 5.88 Å². The summed E-state index contributed by atoms with van der Waals surface area (Å²) in [5.41, 5.74) is 0.575. The standard InChI is InChI=1S/C13H16F3N3O2/c14-9-1-2-10(6-9)19-13(20)18-7-8-3-4-17-11(5-8)21-12(15)16/h3-5,9-10,12H,1-2,6-7H2,(H2,18,19,20)/t9-,10-/m0/s1. The maximum atomic E-state index is 13.0. The van der Waals surface area contributed by atoms with E-state index in [1.165, 1.54) is 12.3 Å². The van der Waals surface area contributed by atoms with Gasteiger partial charge in [0.05, 0.1) is 0 Å². The predicted molar refractivity (Wildman–Crippen MR) is 68.8 cm³/mol. The van der Waals surface area contributed by atoms with Crippen molar-refractivity contribution < 1.29 is 22.7 Å². The highest BCUT2D eigenvalue weighted by atomic mass is 19.3. The molecule has 1 heterocycles. The van der Waals surface area contributed by atoms with Crippen LogP contribution in [0.15, 0.2) is 18.3 Å². The van der Waals surface area contributed by atoms with Crippen molar-refractivity contribution in [2.75, 3.05) is 0 Å². The summed E-state index contributed by atoms with van der Waals surface area (Å²) in [7, 11) is 0. The van der Waals surface area contributed by atoms with E-state index in [1.54, 1.807) is 6.07 Å². The fourth-order valence-electron chi connectivity index (χ4n) is 2.19. The van der Waals surface area contributed by atoms with Crippen molar-refractivity contribution in [2.45, 2.75) is 44.6 Å². The lowest BCUT2D eigenvalue weighted by Gasteiger charge is -2.13. The molecule has 5 nitrogen and oxygen atoms in total. The Labute approximate surface area is 119 Å². The minimum atomic E-state index is -2.94. The molecule has 2 N–H and O–H groups in total. The quantitative estimate of drug-likeness (QED) is 0.878. The molecule has 1 aromatic rings. The van der Waals surface area contributed by atoms with Gasteiger partial charge in [0.1, 0.15) is 6.17 Å². The Morgan fingerprint density at radius 2 is 2.29 bits per heavy atom. The van der Waals surface area contributed by atoms with Gasteiger partial charge in [0.25, 0.3) is 0 Å². The number of hydrogen-bond acceptors (Lipinski definition) is 3. The molecule has 0 radical (unpaired) electrons. The van der Waals surface area contributed by atoms with Gasteiger partial charge in [-0.15, -0.1) is 0 Å². The Morgan fingerprint density at radius 3 is 2.95 bits per heavy atom. The van der Waals surface area contributed by atoms with Gasteiger partial charge in [0.15, 0.2) is 0 Å². The fraction of sp³-hybridized carbons (Fsp3) is 0.538. The number of hydrogen-bond donors (Lipinski definition) is 2. The van der Waals surface area contributed by atoms with E-state index in [9.17, 15) is 18.0 Å². The largest absolute Gasteiger partial charge is 0.417 e. The molecule has 21 heavy (non-hydrogen) atoms. The monoisotopic (exact) mass is 303 g/mol. The minimum Gasteiger partial charge on any atom is -0.417 e. The summed E-state index contributed by atoms with van der Waals surface area (Å²) in [4.78, 5) is 15.3. The maximum absolute atomic E-state index is 13.0. The minimum absolute atomic E-state index is 0.139. The summed E-state index contributed by atoms with van der Waals surface area (Å²) in [5.74, 6) is -0.208. The number of aromatic nitrogens is 1. The van der Waals surface area contributed by atoms with Gasteiger partial charge in [-0.2, -0.15) is 8.78 Å². The molecule has 0 unspecified atom stereocenters. The molecule has 1 aliphatic rings. The lowest BCUT2D eigenvalue weighted by Crippen LogP contribution is -2.40. The third-order valence-electron chi connectivity index (χ3n) is 3.17. The summed E-state index contributed by atoms with van der Waals surface area (Å²) < 4.78 is 41.2. The van der Waals surface area contributed by atoms with Gasteiger partial charge in [-0.25, -0.2) is 14.2 Å². The number of carbonyl (C=O) groups is 1. The molecular weight excluding hydrogens is 287 g/mol. The molecule has 116 valence electrons. The van der Waals surface area contributed by atoms with Crippen LogP contribution in [-0.2, 0) is 6.54 Å². The average molecular weight is 303 g/mol. The van der Waals surface area contributed by atoms with Crippen LogP contribution in [0.25, 0.3) is 0 Å². The molecule has 1 fully saturated rings. The number of rotatable bonds is 5. The number of halogens is 3. The Morgan fingerprint density at radius 1 is 1.48 bits per heavy atom. The Kier molecular flexibility index (Phi) is 5.24. The predicted octanol–water partition coefficient (Wildman–Crippen LogP) is 2.37. The van der Waals surface area contributed by atoms with E-state index in [0.717, 1.165) is 0 Å². The topological polar surface area (TPSA) is 63.2 Å². The van der Waals surface area contributed by atoms with E-state index in [1.807, 2.05) is 0 Å². The highest BCUT2D eigenvalue weighted by Crippen LogP contribution is 2.21. The van der Waals surface area contributed by atoms with Crippen LogP contribution in [0.2, 0.25) is 0 Å². The molecule has 0 bridgehead atoms. The molecule has 8 heteroatoms. The third-order valence-corrected chi connectivity index (χ3v) is 3.17. The first-order chi connectivity index (χ1) is 10.0. The second-order valence-electron chi connectivity index (χ2n) is 4.82. The van der Waals surface area contributed by atoms with Crippen molar-refractivity contribution in [1.29, 1.82) is 0 Å². The van der Waals surface area contributed by atoms with E-state index in [2.05, 4.69) is 20.4 Å². The normalized spacial score (nSPS) is 21.3. The Balaban J connectivity index is 1.78. The molecule has 0 spiro atoms. The van der Waals surface area contributed by atoms with Crippen LogP contribution >= 0.6 is 0 Å². The fourth-order valence-corrected chi connectivity index (χ4v) is 2.19. The van der Waals surface area contributed by atoms with Crippen LogP contribution in [0, 0.1) is 0 Å². The van der Waals surface area contributed by atoms with E-state index >= 15 is 0 Å². The number of carbonyl (C=O) groups excluding carboxylic acids is 1. The lowest BCUT2D eigenvalue weighted by atomic mass is 10.2. The average Bonchev–Trinajstić information content (AvgIpc) is 2.81. The highest BCUT2D eigenvalue weighted by Gasteiger charge is 2.25. The molecule has 2 atom stereocenters.